The maximum absolute atomic E-state index is 12.6. The number of hydrogen-bond donors (Lipinski definition) is 1. The van der Waals surface area contributed by atoms with Crippen LogP contribution in [0.25, 0.3) is 0 Å². The van der Waals surface area contributed by atoms with E-state index in [0.717, 1.165) is 5.56 Å². The van der Waals surface area contributed by atoms with E-state index in [-0.39, 0.29) is 16.4 Å². The Morgan fingerprint density at radius 3 is 1.86 bits per heavy atom. The van der Waals surface area contributed by atoms with Crippen molar-refractivity contribution in [3.8, 4) is 0 Å². The first kappa shape index (κ1) is 21.6. The number of rotatable bonds is 8. The molecule has 0 atom stereocenters. The van der Waals surface area contributed by atoms with Crippen molar-refractivity contribution in [2.75, 3.05) is 20.1 Å². The van der Waals surface area contributed by atoms with E-state index in [1.807, 2.05) is 0 Å². The summed E-state index contributed by atoms with van der Waals surface area (Å²) in [5.74, 6) is -1.26. The summed E-state index contributed by atoms with van der Waals surface area (Å²) in [7, 11) is -1.93. The van der Waals surface area contributed by atoms with Gasteiger partial charge in [-0.05, 0) is 42.0 Å². The molecule has 0 unspecified atom stereocenters. The molecule has 28 heavy (non-hydrogen) atoms. The zero-order valence-corrected chi connectivity index (χ0v) is 16.9. The van der Waals surface area contributed by atoms with Crippen molar-refractivity contribution in [1.29, 1.82) is 0 Å². The molecule has 7 nitrogen and oxygen atoms in total. The van der Waals surface area contributed by atoms with Crippen molar-refractivity contribution in [3.63, 3.8) is 0 Å². The lowest BCUT2D eigenvalue weighted by atomic mass is 10.1. The van der Waals surface area contributed by atoms with Crippen LogP contribution in [0.3, 0.4) is 0 Å². The predicted octanol–water partition coefficient (Wildman–Crippen LogP) is 2.69. The van der Waals surface area contributed by atoms with Gasteiger partial charge in [-0.25, -0.2) is 13.2 Å². The van der Waals surface area contributed by atoms with Gasteiger partial charge in [0, 0.05) is 32.2 Å². The summed E-state index contributed by atoms with van der Waals surface area (Å²) in [6.45, 7) is 4.61. The predicted molar refractivity (Wildman–Crippen MR) is 106 cm³/mol. The van der Waals surface area contributed by atoms with Crippen molar-refractivity contribution in [3.05, 3.63) is 65.2 Å². The van der Waals surface area contributed by atoms with Gasteiger partial charge in [0.15, 0.2) is 0 Å². The minimum Gasteiger partial charge on any atom is -0.478 e. The smallest absolute Gasteiger partial charge is 0.335 e. The maximum Gasteiger partial charge on any atom is 0.335 e. The van der Waals surface area contributed by atoms with Gasteiger partial charge in [0.25, 0.3) is 5.91 Å². The Morgan fingerprint density at radius 2 is 1.39 bits per heavy atom. The number of hydrogen-bond acceptors (Lipinski definition) is 4. The van der Waals surface area contributed by atoms with Crippen LogP contribution in [0.2, 0.25) is 0 Å². The first-order valence-electron chi connectivity index (χ1n) is 8.88. The molecule has 0 aliphatic heterocycles. The molecular weight excluding hydrogens is 380 g/mol. The van der Waals surface area contributed by atoms with Gasteiger partial charge >= 0.3 is 5.97 Å². The van der Waals surface area contributed by atoms with Crippen LogP contribution in [-0.2, 0) is 16.6 Å². The summed E-state index contributed by atoms with van der Waals surface area (Å²) in [4.78, 5) is 25.1. The fourth-order valence-electron chi connectivity index (χ4n) is 2.80. The number of aromatic carboxylic acids is 1. The number of carbonyl (C=O) groups excluding carboxylic acids is 1. The van der Waals surface area contributed by atoms with E-state index in [1.165, 1.54) is 45.6 Å². The highest BCUT2D eigenvalue weighted by Gasteiger charge is 2.22. The number of amides is 1. The Kier molecular flexibility index (Phi) is 6.93. The molecule has 0 saturated carbocycles. The highest BCUT2D eigenvalue weighted by atomic mass is 32.2. The zero-order valence-electron chi connectivity index (χ0n) is 16.1. The van der Waals surface area contributed by atoms with Gasteiger partial charge in [0.05, 0.1) is 10.5 Å². The monoisotopic (exact) mass is 404 g/mol. The first-order chi connectivity index (χ1) is 13.2. The Labute approximate surface area is 165 Å². The molecule has 0 aromatic heterocycles. The molecule has 0 bridgehead atoms. The van der Waals surface area contributed by atoms with Crippen LogP contribution < -0.4 is 0 Å². The standard InChI is InChI=1S/C20H24N2O5S/c1-4-22(5-2)28(26,27)18-12-10-16(11-13-18)19(23)21(3)14-15-6-8-17(9-7-15)20(24)25/h6-13H,4-5,14H2,1-3H3,(H,24,25). The lowest BCUT2D eigenvalue weighted by Crippen LogP contribution is -2.30. The molecule has 8 heteroatoms. The van der Waals surface area contributed by atoms with Crippen molar-refractivity contribution in [1.82, 2.24) is 9.21 Å². The van der Waals surface area contributed by atoms with E-state index in [0.29, 0.717) is 25.2 Å². The van der Waals surface area contributed by atoms with Crippen LogP contribution in [-0.4, -0.2) is 54.7 Å². The van der Waals surface area contributed by atoms with E-state index in [4.69, 9.17) is 5.11 Å². The average Bonchev–Trinajstić information content (AvgIpc) is 2.68. The second kappa shape index (κ2) is 8.99. The van der Waals surface area contributed by atoms with Crippen LogP contribution >= 0.6 is 0 Å². The van der Waals surface area contributed by atoms with Gasteiger partial charge < -0.3 is 10.0 Å². The number of carboxylic acid groups (broad SMARTS) is 1. The fraction of sp³-hybridized carbons (Fsp3) is 0.300. The molecule has 0 aliphatic rings. The van der Waals surface area contributed by atoms with Gasteiger partial charge in [-0.1, -0.05) is 26.0 Å². The van der Waals surface area contributed by atoms with Gasteiger partial charge in [-0.15, -0.1) is 0 Å². The zero-order chi connectivity index (χ0) is 20.9. The first-order valence-corrected chi connectivity index (χ1v) is 10.3. The lowest BCUT2D eigenvalue weighted by molar-refractivity contribution is 0.0695. The van der Waals surface area contributed by atoms with Crippen LogP contribution in [0.1, 0.15) is 40.1 Å². The van der Waals surface area contributed by atoms with Gasteiger partial charge in [0.1, 0.15) is 0 Å². The lowest BCUT2D eigenvalue weighted by Gasteiger charge is -2.19. The molecule has 0 radical (unpaired) electrons. The van der Waals surface area contributed by atoms with Gasteiger partial charge in [0.2, 0.25) is 10.0 Å². The number of carbonyl (C=O) groups is 2. The van der Waals surface area contributed by atoms with E-state index in [2.05, 4.69) is 0 Å². The molecule has 0 saturated heterocycles. The molecule has 2 rings (SSSR count). The third kappa shape index (κ3) is 4.76. The average molecular weight is 404 g/mol. The molecule has 1 N–H and O–H groups in total. The second-order valence-electron chi connectivity index (χ2n) is 6.28. The molecular formula is C20H24N2O5S. The molecule has 1 amide bonds. The molecule has 0 fully saturated rings. The topological polar surface area (TPSA) is 95.0 Å². The number of carboxylic acids is 1. The summed E-state index contributed by atoms with van der Waals surface area (Å²) < 4.78 is 26.4. The number of sulfonamides is 1. The summed E-state index contributed by atoms with van der Waals surface area (Å²) in [5.41, 5.74) is 1.35. The van der Waals surface area contributed by atoms with Crippen LogP contribution in [0.5, 0.6) is 0 Å². The Hall–Kier alpha value is -2.71. The third-order valence-electron chi connectivity index (χ3n) is 4.41. The minimum absolute atomic E-state index is 0.152. The summed E-state index contributed by atoms with van der Waals surface area (Å²) in [6, 6.07) is 12.2. The Balaban J connectivity index is 2.12. The van der Waals surface area contributed by atoms with E-state index in [1.54, 1.807) is 33.0 Å². The largest absolute Gasteiger partial charge is 0.478 e. The van der Waals surface area contributed by atoms with Crippen LogP contribution in [0.4, 0.5) is 0 Å². The van der Waals surface area contributed by atoms with E-state index < -0.39 is 16.0 Å². The van der Waals surface area contributed by atoms with Crippen LogP contribution in [0.15, 0.2) is 53.4 Å². The summed E-state index contributed by atoms with van der Waals surface area (Å²) >= 11 is 0. The van der Waals surface area contributed by atoms with Crippen molar-refractivity contribution in [2.45, 2.75) is 25.3 Å². The van der Waals surface area contributed by atoms with E-state index >= 15 is 0 Å². The second-order valence-corrected chi connectivity index (χ2v) is 8.21. The van der Waals surface area contributed by atoms with Gasteiger partial charge in [-0.2, -0.15) is 4.31 Å². The third-order valence-corrected chi connectivity index (χ3v) is 6.48. The minimum atomic E-state index is -3.56. The highest BCUT2D eigenvalue weighted by molar-refractivity contribution is 7.89. The molecule has 2 aromatic rings. The molecule has 0 aliphatic carbocycles. The summed E-state index contributed by atoms with van der Waals surface area (Å²) in [5, 5.41) is 8.93. The highest BCUT2D eigenvalue weighted by Crippen LogP contribution is 2.17. The molecule has 150 valence electrons. The van der Waals surface area contributed by atoms with Crippen molar-refractivity contribution < 1.29 is 23.1 Å². The molecule has 0 heterocycles. The fourth-order valence-corrected chi connectivity index (χ4v) is 4.26. The molecule has 2 aromatic carbocycles. The van der Waals surface area contributed by atoms with E-state index in [9.17, 15) is 18.0 Å². The van der Waals surface area contributed by atoms with Crippen LogP contribution in [0, 0.1) is 0 Å². The normalized spacial score (nSPS) is 11.4. The Morgan fingerprint density at radius 1 is 0.893 bits per heavy atom. The summed E-state index contributed by atoms with van der Waals surface area (Å²) in [6.07, 6.45) is 0. The number of benzene rings is 2. The molecule has 0 spiro atoms. The van der Waals surface area contributed by atoms with Crippen molar-refractivity contribution in [2.24, 2.45) is 0 Å². The van der Waals surface area contributed by atoms with Gasteiger partial charge in [-0.3, -0.25) is 4.79 Å². The SMILES string of the molecule is CCN(CC)S(=O)(=O)c1ccc(C(=O)N(C)Cc2ccc(C(=O)O)cc2)cc1. The van der Waals surface area contributed by atoms with Crippen molar-refractivity contribution >= 4 is 21.9 Å². The quantitative estimate of drug-likeness (QED) is 0.730. The maximum atomic E-state index is 12.6. The Bertz CT molecular complexity index is 934. The number of nitrogens with zero attached hydrogens (tertiary/aromatic N) is 2.